The van der Waals surface area contributed by atoms with Crippen molar-refractivity contribution in [3.63, 3.8) is 0 Å². The highest BCUT2D eigenvalue weighted by molar-refractivity contribution is 9.10. The van der Waals surface area contributed by atoms with E-state index in [1.807, 2.05) is 0 Å². The van der Waals surface area contributed by atoms with Crippen molar-refractivity contribution in [3.05, 3.63) is 33.3 Å². The third-order valence-electron chi connectivity index (χ3n) is 2.99. The molecule has 0 saturated heterocycles. The lowest BCUT2D eigenvalue weighted by Gasteiger charge is -2.26. The van der Waals surface area contributed by atoms with Gasteiger partial charge in [0.15, 0.2) is 0 Å². The Hall–Kier alpha value is -0.340. The summed E-state index contributed by atoms with van der Waals surface area (Å²) in [5, 5.41) is 0. The molecule has 2 heteroatoms. The third-order valence-corrected chi connectivity index (χ3v) is 4.24. The van der Waals surface area contributed by atoms with Gasteiger partial charge >= 0.3 is 0 Å². The van der Waals surface area contributed by atoms with Gasteiger partial charge in [-0.05, 0) is 48.9 Å². The third kappa shape index (κ3) is 2.82. The molecule has 15 heavy (non-hydrogen) atoms. The van der Waals surface area contributed by atoms with Crippen LogP contribution in [0.2, 0.25) is 0 Å². The largest absolute Gasteiger partial charge is 0.330 e. The summed E-state index contributed by atoms with van der Waals surface area (Å²) in [6, 6.07) is 4.51. The van der Waals surface area contributed by atoms with Gasteiger partial charge in [0.25, 0.3) is 0 Å². The van der Waals surface area contributed by atoms with Crippen molar-refractivity contribution in [2.45, 2.75) is 39.5 Å². The maximum Gasteiger partial charge on any atom is 0.0233 e. The first-order valence-corrected chi connectivity index (χ1v) is 6.15. The fraction of sp³-hybridized carbons (Fsp3) is 0.538. The molecule has 0 saturated carbocycles. The van der Waals surface area contributed by atoms with Crippen LogP contribution in [0.3, 0.4) is 0 Å². The first kappa shape index (κ1) is 12.7. The molecule has 0 atom stereocenters. The highest BCUT2D eigenvalue weighted by Gasteiger charge is 2.20. The van der Waals surface area contributed by atoms with Crippen LogP contribution in [0.1, 0.15) is 37.0 Å². The van der Waals surface area contributed by atoms with E-state index in [9.17, 15) is 0 Å². The van der Waals surface area contributed by atoms with Crippen LogP contribution in [0.5, 0.6) is 0 Å². The van der Waals surface area contributed by atoms with Crippen LogP contribution >= 0.6 is 15.9 Å². The quantitative estimate of drug-likeness (QED) is 0.890. The summed E-state index contributed by atoms with van der Waals surface area (Å²) in [5.74, 6) is 0. The predicted octanol–water partition coefficient (Wildman–Crippen LogP) is 3.69. The minimum absolute atomic E-state index is 0.172. The molecular weight excluding hydrogens is 250 g/mol. The standard InChI is InChI=1S/C13H20BrN/c1-9-7-11(8-10(2)12(9)14)13(3,4)5-6-15/h7-8H,5-6,15H2,1-4H3. The zero-order valence-electron chi connectivity index (χ0n) is 10.0. The Bertz CT molecular complexity index is 333. The van der Waals surface area contributed by atoms with Gasteiger partial charge in [-0.3, -0.25) is 0 Å². The molecule has 0 unspecified atom stereocenters. The fourth-order valence-electron chi connectivity index (χ4n) is 1.84. The van der Waals surface area contributed by atoms with Gasteiger partial charge in [0.1, 0.15) is 0 Å². The topological polar surface area (TPSA) is 26.0 Å². The summed E-state index contributed by atoms with van der Waals surface area (Å²) in [6.07, 6.45) is 1.02. The van der Waals surface area contributed by atoms with Crippen LogP contribution in [0, 0.1) is 13.8 Å². The van der Waals surface area contributed by atoms with E-state index < -0.39 is 0 Å². The molecule has 0 amide bonds. The van der Waals surface area contributed by atoms with Crippen molar-refractivity contribution in [3.8, 4) is 0 Å². The summed E-state index contributed by atoms with van der Waals surface area (Å²) < 4.78 is 1.22. The number of hydrogen-bond acceptors (Lipinski definition) is 1. The molecule has 0 bridgehead atoms. The molecule has 1 rings (SSSR count). The van der Waals surface area contributed by atoms with Gasteiger partial charge in [0.05, 0.1) is 0 Å². The predicted molar refractivity (Wildman–Crippen MR) is 70.3 cm³/mol. The van der Waals surface area contributed by atoms with Crippen molar-refractivity contribution in [1.82, 2.24) is 0 Å². The summed E-state index contributed by atoms with van der Waals surface area (Å²) in [5.41, 5.74) is 9.80. The summed E-state index contributed by atoms with van der Waals surface area (Å²) >= 11 is 3.59. The second-order valence-electron chi connectivity index (χ2n) is 4.85. The maximum absolute atomic E-state index is 5.65. The van der Waals surface area contributed by atoms with Gasteiger partial charge in [0, 0.05) is 4.47 Å². The van der Waals surface area contributed by atoms with Crippen LogP contribution < -0.4 is 5.73 Å². The second-order valence-corrected chi connectivity index (χ2v) is 5.64. The van der Waals surface area contributed by atoms with Crippen molar-refractivity contribution in [2.24, 2.45) is 5.73 Å². The average molecular weight is 270 g/mol. The lowest BCUT2D eigenvalue weighted by Crippen LogP contribution is -2.22. The zero-order chi connectivity index (χ0) is 11.6. The Morgan fingerprint density at radius 1 is 1.20 bits per heavy atom. The molecular formula is C13H20BrN. The van der Waals surface area contributed by atoms with Crippen LogP contribution in [-0.4, -0.2) is 6.54 Å². The minimum atomic E-state index is 0.172. The average Bonchev–Trinajstić information content (AvgIpc) is 2.13. The zero-order valence-corrected chi connectivity index (χ0v) is 11.6. The van der Waals surface area contributed by atoms with Crippen LogP contribution in [-0.2, 0) is 5.41 Å². The lowest BCUT2D eigenvalue weighted by atomic mass is 9.80. The Labute approximate surface area is 101 Å². The molecule has 0 spiro atoms. The van der Waals surface area contributed by atoms with E-state index >= 15 is 0 Å². The van der Waals surface area contributed by atoms with E-state index in [0.717, 1.165) is 13.0 Å². The molecule has 1 nitrogen and oxygen atoms in total. The fourth-order valence-corrected chi connectivity index (χ4v) is 2.07. The van der Waals surface area contributed by atoms with E-state index in [1.165, 1.54) is 21.2 Å². The van der Waals surface area contributed by atoms with Gasteiger partial charge in [-0.1, -0.05) is 41.9 Å². The number of rotatable bonds is 3. The Kier molecular flexibility index (Phi) is 3.96. The van der Waals surface area contributed by atoms with E-state index in [2.05, 4.69) is 55.8 Å². The summed E-state index contributed by atoms with van der Waals surface area (Å²) in [6.45, 7) is 9.52. The Balaban J connectivity index is 3.16. The molecule has 0 radical (unpaired) electrons. The first-order chi connectivity index (χ1) is 6.88. The SMILES string of the molecule is Cc1cc(C(C)(C)CCN)cc(C)c1Br. The van der Waals surface area contributed by atoms with Crippen molar-refractivity contribution in [1.29, 1.82) is 0 Å². The van der Waals surface area contributed by atoms with Crippen LogP contribution in [0.15, 0.2) is 16.6 Å². The highest BCUT2D eigenvalue weighted by atomic mass is 79.9. The van der Waals surface area contributed by atoms with Gasteiger partial charge in [0.2, 0.25) is 0 Å². The highest BCUT2D eigenvalue weighted by Crippen LogP contribution is 2.31. The molecule has 0 fully saturated rings. The second kappa shape index (κ2) is 4.67. The van der Waals surface area contributed by atoms with Crippen molar-refractivity contribution < 1.29 is 0 Å². The molecule has 0 aliphatic rings. The molecule has 1 aromatic rings. The van der Waals surface area contributed by atoms with Crippen molar-refractivity contribution >= 4 is 15.9 Å². The van der Waals surface area contributed by atoms with E-state index in [-0.39, 0.29) is 5.41 Å². The number of aryl methyl sites for hydroxylation is 2. The summed E-state index contributed by atoms with van der Waals surface area (Å²) in [7, 11) is 0. The number of nitrogens with two attached hydrogens (primary N) is 1. The Morgan fingerprint density at radius 3 is 2.07 bits per heavy atom. The minimum Gasteiger partial charge on any atom is -0.330 e. The van der Waals surface area contributed by atoms with Gasteiger partial charge < -0.3 is 5.73 Å². The van der Waals surface area contributed by atoms with Gasteiger partial charge in [-0.2, -0.15) is 0 Å². The van der Waals surface area contributed by atoms with Crippen LogP contribution in [0.25, 0.3) is 0 Å². The van der Waals surface area contributed by atoms with E-state index in [1.54, 1.807) is 0 Å². The molecule has 84 valence electrons. The van der Waals surface area contributed by atoms with E-state index in [4.69, 9.17) is 5.73 Å². The molecule has 0 aliphatic carbocycles. The van der Waals surface area contributed by atoms with Crippen LogP contribution in [0.4, 0.5) is 0 Å². The molecule has 0 aromatic heterocycles. The van der Waals surface area contributed by atoms with Crippen molar-refractivity contribution in [2.75, 3.05) is 6.54 Å². The maximum atomic E-state index is 5.65. The molecule has 1 aromatic carbocycles. The lowest BCUT2D eigenvalue weighted by molar-refractivity contribution is 0.487. The molecule has 2 N–H and O–H groups in total. The van der Waals surface area contributed by atoms with Gasteiger partial charge in [-0.15, -0.1) is 0 Å². The normalized spacial score (nSPS) is 11.9. The monoisotopic (exact) mass is 269 g/mol. The molecule has 0 aliphatic heterocycles. The smallest absolute Gasteiger partial charge is 0.0233 e. The Morgan fingerprint density at radius 2 is 1.67 bits per heavy atom. The first-order valence-electron chi connectivity index (χ1n) is 5.36. The number of hydrogen-bond donors (Lipinski definition) is 1. The number of halogens is 1. The summed E-state index contributed by atoms with van der Waals surface area (Å²) in [4.78, 5) is 0. The molecule has 0 heterocycles. The number of benzene rings is 1. The van der Waals surface area contributed by atoms with E-state index in [0.29, 0.717) is 0 Å². The van der Waals surface area contributed by atoms with Gasteiger partial charge in [-0.25, -0.2) is 0 Å².